The molecule has 0 radical (unpaired) electrons. The summed E-state index contributed by atoms with van der Waals surface area (Å²) in [7, 11) is 0. The Hall–Kier alpha value is -1.40. The molecule has 0 fully saturated rings. The molecule has 0 saturated carbocycles. The highest BCUT2D eigenvalue weighted by Crippen LogP contribution is 2.21. The Bertz CT molecular complexity index is 497. The minimum Gasteiger partial charge on any atom is -0.480 e. The van der Waals surface area contributed by atoms with Crippen molar-refractivity contribution < 1.29 is 23.5 Å². The Morgan fingerprint density at radius 3 is 2.42 bits per heavy atom. The van der Waals surface area contributed by atoms with E-state index in [1.54, 1.807) is 0 Å². The fourth-order valence-corrected chi connectivity index (χ4v) is 1.80. The number of aliphatic carboxylic acids is 1. The van der Waals surface area contributed by atoms with Crippen LogP contribution in [0.4, 0.5) is 8.78 Å². The molecule has 1 aromatic carbocycles. The largest absolute Gasteiger partial charge is 0.480 e. The molecule has 104 valence electrons. The molecule has 2 N–H and O–H groups in total. The molecule has 0 bridgehead atoms. The van der Waals surface area contributed by atoms with Crippen molar-refractivity contribution in [2.24, 2.45) is 0 Å². The van der Waals surface area contributed by atoms with Gasteiger partial charge in [0.15, 0.2) is 0 Å². The van der Waals surface area contributed by atoms with Gasteiger partial charge < -0.3 is 10.4 Å². The second-order valence-electron chi connectivity index (χ2n) is 3.62. The summed E-state index contributed by atoms with van der Waals surface area (Å²) in [5.41, 5.74) is -0.0356. The molecular weight excluding hydrogens is 303 g/mol. The standard InChI is InChI=1S/C11H9Cl2F2NO3/c12-5-1-2-6(7(13)3-5)10(17)16-8(11(18)19)4-9(14)15/h1-3,8-9H,4H2,(H,16,17)(H,18,19). The molecule has 0 aliphatic carbocycles. The van der Waals surface area contributed by atoms with Gasteiger partial charge in [0, 0.05) is 11.4 Å². The predicted octanol–water partition coefficient (Wildman–Crippen LogP) is 2.83. The number of rotatable bonds is 5. The van der Waals surface area contributed by atoms with Gasteiger partial charge in [0.25, 0.3) is 5.91 Å². The molecule has 0 spiro atoms. The van der Waals surface area contributed by atoms with Crippen LogP contribution in [0.3, 0.4) is 0 Å². The zero-order chi connectivity index (χ0) is 14.6. The minimum atomic E-state index is -2.85. The maximum atomic E-state index is 12.2. The van der Waals surface area contributed by atoms with Gasteiger partial charge in [-0.2, -0.15) is 0 Å². The molecule has 1 aromatic rings. The lowest BCUT2D eigenvalue weighted by atomic mass is 10.1. The van der Waals surface area contributed by atoms with Crippen LogP contribution in [0.5, 0.6) is 0 Å². The maximum Gasteiger partial charge on any atom is 0.326 e. The zero-order valence-electron chi connectivity index (χ0n) is 9.37. The molecule has 8 heteroatoms. The van der Waals surface area contributed by atoms with Crippen LogP contribution < -0.4 is 5.32 Å². The zero-order valence-corrected chi connectivity index (χ0v) is 10.9. The predicted molar refractivity (Wildman–Crippen MR) is 66.0 cm³/mol. The van der Waals surface area contributed by atoms with Gasteiger partial charge in [-0.05, 0) is 18.2 Å². The summed E-state index contributed by atoms with van der Waals surface area (Å²) in [6, 6.07) is 2.27. The first kappa shape index (κ1) is 15.7. The van der Waals surface area contributed by atoms with Gasteiger partial charge in [0.1, 0.15) is 6.04 Å². The van der Waals surface area contributed by atoms with E-state index >= 15 is 0 Å². The summed E-state index contributed by atoms with van der Waals surface area (Å²) in [5, 5.41) is 11.0. The number of nitrogens with one attached hydrogen (secondary N) is 1. The molecule has 1 unspecified atom stereocenters. The lowest BCUT2D eigenvalue weighted by molar-refractivity contribution is -0.140. The Morgan fingerprint density at radius 2 is 1.95 bits per heavy atom. The van der Waals surface area contributed by atoms with Gasteiger partial charge in [-0.15, -0.1) is 0 Å². The molecule has 1 rings (SSSR count). The summed E-state index contributed by atoms with van der Waals surface area (Å²) in [4.78, 5) is 22.5. The molecule has 0 aliphatic rings. The van der Waals surface area contributed by atoms with Crippen molar-refractivity contribution in [1.82, 2.24) is 5.32 Å². The Kier molecular flexibility index (Phi) is 5.50. The number of halogens is 4. The van der Waals surface area contributed by atoms with E-state index in [-0.39, 0.29) is 10.6 Å². The van der Waals surface area contributed by atoms with Gasteiger partial charge in [0.2, 0.25) is 6.43 Å². The topological polar surface area (TPSA) is 66.4 Å². The van der Waals surface area contributed by atoms with E-state index in [1.807, 2.05) is 5.32 Å². The van der Waals surface area contributed by atoms with Crippen molar-refractivity contribution in [3.63, 3.8) is 0 Å². The average Bonchev–Trinajstić information content (AvgIpc) is 2.26. The Morgan fingerprint density at radius 1 is 1.32 bits per heavy atom. The van der Waals surface area contributed by atoms with E-state index in [0.29, 0.717) is 5.02 Å². The second kappa shape index (κ2) is 6.68. The SMILES string of the molecule is O=C(NC(CC(F)F)C(=O)O)c1ccc(Cl)cc1Cl. The normalized spacial score (nSPS) is 12.3. The van der Waals surface area contributed by atoms with Crippen LogP contribution in [0, 0.1) is 0 Å². The molecule has 0 heterocycles. The number of alkyl halides is 2. The average molecular weight is 312 g/mol. The molecule has 4 nitrogen and oxygen atoms in total. The summed E-state index contributed by atoms with van der Waals surface area (Å²) in [6.45, 7) is 0. The molecule has 1 atom stereocenters. The third-order valence-corrected chi connectivity index (χ3v) is 2.74. The summed E-state index contributed by atoms with van der Waals surface area (Å²) >= 11 is 11.4. The van der Waals surface area contributed by atoms with Gasteiger partial charge in [-0.25, -0.2) is 13.6 Å². The number of carbonyl (C=O) groups is 2. The monoisotopic (exact) mass is 311 g/mol. The highest BCUT2D eigenvalue weighted by molar-refractivity contribution is 6.36. The minimum absolute atomic E-state index is 0.00573. The lowest BCUT2D eigenvalue weighted by Gasteiger charge is -2.14. The summed E-state index contributed by atoms with van der Waals surface area (Å²) in [6.07, 6.45) is -3.83. The number of amides is 1. The third kappa shape index (κ3) is 4.65. The molecule has 0 aromatic heterocycles. The number of carbonyl (C=O) groups excluding carboxylic acids is 1. The first-order valence-corrected chi connectivity index (χ1v) is 5.83. The van der Waals surface area contributed by atoms with Crippen LogP contribution in [0.1, 0.15) is 16.8 Å². The van der Waals surface area contributed by atoms with Crippen molar-refractivity contribution in [2.75, 3.05) is 0 Å². The molecule has 1 amide bonds. The first-order valence-electron chi connectivity index (χ1n) is 5.08. The van der Waals surface area contributed by atoms with E-state index in [1.165, 1.54) is 18.2 Å². The highest BCUT2D eigenvalue weighted by Gasteiger charge is 2.25. The van der Waals surface area contributed by atoms with Crippen molar-refractivity contribution in [1.29, 1.82) is 0 Å². The summed E-state index contributed by atoms with van der Waals surface area (Å²) < 4.78 is 24.3. The second-order valence-corrected chi connectivity index (χ2v) is 4.46. The molecular formula is C11H9Cl2F2NO3. The number of carboxylic acids is 1. The molecule has 19 heavy (non-hydrogen) atoms. The first-order chi connectivity index (χ1) is 8.81. The van der Waals surface area contributed by atoms with E-state index in [2.05, 4.69) is 0 Å². The Balaban J connectivity index is 2.84. The molecule has 0 saturated heterocycles. The van der Waals surface area contributed by atoms with Gasteiger partial charge >= 0.3 is 5.97 Å². The van der Waals surface area contributed by atoms with Crippen LogP contribution in [-0.2, 0) is 4.79 Å². The quantitative estimate of drug-likeness (QED) is 0.878. The van der Waals surface area contributed by atoms with Crippen LogP contribution in [0.15, 0.2) is 18.2 Å². The van der Waals surface area contributed by atoms with Gasteiger partial charge in [-0.1, -0.05) is 23.2 Å². The van der Waals surface area contributed by atoms with Crippen molar-refractivity contribution in [2.45, 2.75) is 18.9 Å². The van der Waals surface area contributed by atoms with E-state index in [4.69, 9.17) is 28.3 Å². The number of hydrogen-bond donors (Lipinski definition) is 2. The van der Waals surface area contributed by atoms with Gasteiger partial charge in [0.05, 0.1) is 10.6 Å². The van der Waals surface area contributed by atoms with Crippen LogP contribution in [0.2, 0.25) is 10.0 Å². The van der Waals surface area contributed by atoms with Gasteiger partial charge in [-0.3, -0.25) is 4.79 Å². The number of hydrogen-bond acceptors (Lipinski definition) is 2. The maximum absolute atomic E-state index is 12.2. The van der Waals surface area contributed by atoms with E-state index < -0.39 is 30.8 Å². The summed E-state index contributed by atoms with van der Waals surface area (Å²) in [5.74, 6) is -2.39. The lowest BCUT2D eigenvalue weighted by Crippen LogP contribution is -2.42. The fraction of sp³-hybridized carbons (Fsp3) is 0.273. The Labute approximate surface area is 117 Å². The fourth-order valence-electron chi connectivity index (χ4n) is 1.31. The van der Waals surface area contributed by atoms with Crippen molar-refractivity contribution in [3.8, 4) is 0 Å². The number of carboxylic acid groups (broad SMARTS) is 1. The molecule has 0 aliphatic heterocycles. The van der Waals surface area contributed by atoms with Crippen LogP contribution >= 0.6 is 23.2 Å². The highest BCUT2D eigenvalue weighted by atomic mass is 35.5. The smallest absolute Gasteiger partial charge is 0.326 e. The van der Waals surface area contributed by atoms with Crippen LogP contribution in [-0.4, -0.2) is 29.5 Å². The van der Waals surface area contributed by atoms with Crippen molar-refractivity contribution >= 4 is 35.1 Å². The van der Waals surface area contributed by atoms with E-state index in [9.17, 15) is 18.4 Å². The van der Waals surface area contributed by atoms with Crippen molar-refractivity contribution in [3.05, 3.63) is 33.8 Å². The number of benzene rings is 1. The van der Waals surface area contributed by atoms with E-state index in [0.717, 1.165) is 0 Å². The van der Waals surface area contributed by atoms with Crippen LogP contribution in [0.25, 0.3) is 0 Å². The third-order valence-electron chi connectivity index (χ3n) is 2.19.